The molecule has 1 saturated heterocycles. The van der Waals surface area contributed by atoms with Gasteiger partial charge in [-0.2, -0.15) is 0 Å². The number of benzene rings is 1. The van der Waals surface area contributed by atoms with Crippen molar-refractivity contribution in [1.82, 2.24) is 0 Å². The van der Waals surface area contributed by atoms with Gasteiger partial charge in [0.05, 0.1) is 0 Å². The molecule has 1 aromatic carbocycles. The van der Waals surface area contributed by atoms with Crippen LogP contribution in [0, 0.1) is 5.41 Å². The van der Waals surface area contributed by atoms with Gasteiger partial charge in [-0.15, -0.1) is 0 Å². The molecule has 1 aliphatic heterocycles. The third-order valence-corrected chi connectivity index (χ3v) is 3.58. The molecular weight excluding hydrogens is 194 g/mol. The second kappa shape index (κ2) is 4.12. The number of nitrogens with zero attached hydrogens (tertiary/aromatic N) is 1. The molecule has 0 aromatic heterocycles. The van der Waals surface area contributed by atoms with Crippen LogP contribution in [0.25, 0.3) is 0 Å². The highest BCUT2D eigenvalue weighted by Gasteiger charge is 2.29. The second-order valence-electron chi connectivity index (χ2n) is 6.09. The van der Waals surface area contributed by atoms with E-state index in [1.807, 2.05) is 0 Å². The monoisotopic (exact) mass is 217 g/mol. The smallest absolute Gasteiger partial charge is 0.0369 e. The maximum atomic E-state index is 2.52. The predicted molar refractivity (Wildman–Crippen MR) is 71.1 cm³/mol. The number of hydrogen-bond acceptors (Lipinski definition) is 1. The van der Waals surface area contributed by atoms with Crippen molar-refractivity contribution in [2.45, 2.75) is 40.0 Å². The first-order valence-electron chi connectivity index (χ1n) is 6.33. The zero-order valence-corrected chi connectivity index (χ0v) is 11.0. The Balaban J connectivity index is 2.19. The molecule has 1 heterocycles. The van der Waals surface area contributed by atoms with Crippen LogP contribution < -0.4 is 4.90 Å². The Morgan fingerprint density at radius 3 is 2.56 bits per heavy atom. The summed E-state index contributed by atoms with van der Waals surface area (Å²) in [5.74, 6) is 0.621. The maximum Gasteiger partial charge on any atom is 0.0369 e. The summed E-state index contributed by atoms with van der Waals surface area (Å²) in [5.41, 5.74) is 3.33. The maximum absolute atomic E-state index is 2.52. The van der Waals surface area contributed by atoms with E-state index in [0.29, 0.717) is 11.3 Å². The van der Waals surface area contributed by atoms with Gasteiger partial charge in [0.25, 0.3) is 0 Å². The summed E-state index contributed by atoms with van der Waals surface area (Å²) in [6.07, 6.45) is 1.30. The van der Waals surface area contributed by atoms with Crippen molar-refractivity contribution < 1.29 is 0 Å². The topological polar surface area (TPSA) is 3.24 Å². The van der Waals surface area contributed by atoms with Crippen LogP contribution >= 0.6 is 0 Å². The van der Waals surface area contributed by atoms with Crippen LogP contribution in [0.1, 0.15) is 45.6 Å². The van der Waals surface area contributed by atoms with E-state index in [4.69, 9.17) is 0 Å². The molecule has 88 valence electrons. The molecule has 0 atom stereocenters. The Labute approximate surface area is 99.5 Å². The summed E-state index contributed by atoms with van der Waals surface area (Å²) in [4.78, 5) is 2.52. The Morgan fingerprint density at radius 2 is 2.00 bits per heavy atom. The molecule has 0 spiro atoms. The third-order valence-electron chi connectivity index (χ3n) is 3.58. The quantitative estimate of drug-likeness (QED) is 0.722. The van der Waals surface area contributed by atoms with Gasteiger partial charge in [-0.25, -0.2) is 0 Å². The average molecular weight is 217 g/mol. The summed E-state index contributed by atoms with van der Waals surface area (Å²) in [6, 6.07) is 9.02. The van der Waals surface area contributed by atoms with Crippen LogP contribution in [0.3, 0.4) is 0 Å². The van der Waals surface area contributed by atoms with Crippen molar-refractivity contribution >= 4 is 5.69 Å². The van der Waals surface area contributed by atoms with Crippen molar-refractivity contribution in [1.29, 1.82) is 0 Å². The Kier molecular flexibility index (Phi) is 2.96. The summed E-state index contributed by atoms with van der Waals surface area (Å²) >= 11 is 0. The minimum absolute atomic E-state index is 0.480. The summed E-state index contributed by atoms with van der Waals surface area (Å²) in [5, 5.41) is 0. The van der Waals surface area contributed by atoms with Crippen LogP contribution in [0.15, 0.2) is 24.3 Å². The Morgan fingerprint density at radius 1 is 1.25 bits per heavy atom. The van der Waals surface area contributed by atoms with E-state index in [1.165, 1.54) is 30.8 Å². The molecular formula is C15H23N. The average Bonchev–Trinajstić information content (AvgIpc) is 2.59. The fourth-order valence-corrected chi connectivity index (χ4v) is 2.41. The number of anilines is 1. The van der Waals surface area contributed by atoms with Crippen LogP contribution in [-0.4, -0.2) is 13.1 Å². The molecule has 0 radical (unpaired) electrons. The fourth-order valence-electron chi connectivity index (χ4n) is 2.41. The zero-order valence-electron chi connectivity index (χ0n) is 11.0. The minimum Gasteiger partial charge on any atom is -0.371 e. The van der Waals surface area contributed by atoms with Gasteiger partial charge in [-0.1, -0.05) is 39.8 Å². The summed E-state index contributed by atoms with van der Waals surface area (Å²) in [7, 11) is 0. The minimum atomic E-state index is 0.480. The highest BCUT2D eigenvalue weighted by Crippen LogP contribution is 2.33. The molecule has 16 heavy (non-hydrogen) atoms. The summed E-state index contributed by atoms with van der Waals surface area (Å²) in [6.45, 7) is 11.6. The lowest BCUT2D eigenvalue weighted by atomic mass is 9.93. The molecule has 0 saturated carbocycles. The SMILES string of the molecule is CC(C)c1cccc(N2CCC(C)(C)C2)c1. The first kappa shape index (κ1) is 11.5. The summed E-state index contributed by atoms with van der Waals surface area (Å²) < 4.78 is 0. The molecule has 1 aliphatic rings. The van der Waals surface area contributed by atoms with E-state index in [2.05, 4.69) is 56.9 Å². The van der Waals surface area contributed by atoms with E-state index < -0.39 is 0 Å². The Bertz CT molecular complexity index is 365. The van der Waals surface area contributed by atoms with Crippen molar-refractivity contribution in [3.8, 4) is 0 Å². The molecule has 1 nitrogen and oxygen atoms in total. The van der Waals surface area contributed by atoms with Crippen LogP contribution in [0.2, 0.25) is 0 Å². The largest absolute Gasteiger partial charge is 0.371 e. The zero-order chi connectivity index (χ0) is 11.8. The van der Waals surface area contributed by atoms with Gasteiger partial charge < -0.3 is 4.90 Å². The Hall–Kier alpha value is -0.980. The molecule has 0 N–H and O–H groups in total. The number of hydrogen-bond donors (Lipinski definition) is 0. The highest BCUT2D eigenvalue weighted by molar-refractivity contribution is 5.50. The first-order valence-corrected chi connectivity index (χ1v) is 6.33. The van der Waals surface area contributed by atoms with Gasteiger partial charge >= 0.3 is 0 Å². The van der Waals surface area contributed by atoms with E-state index in [0.717, 1.165) is 0 Å². The molecule has 0 aliphatic carbocycles. The van der Waals surface area contributed by atoms with Crippen molar-refractivity contribution in [2.75, 3.05) is 18.0 Å². The number of rotatable bonds is 2. The van der Waals surface area contributed by atoms with Gasteiger partial charge in [-0.05, 0) is 35.4 Å². The molecule has 2 rings (SSSR count). The van der Waals surface area contributed by atoms with Crippen LogP contribution in [-0.2, 0) is 0 Å². The molecule has 1 aromatic rings. The predicted octanol–water partition coefficient (Wildman–Crippen LogP) is 4.05. The lowest BCUT2D eigenvalue weighted by Crippen LogP contribution is -2.22. The molecule has 1 fully saturated rings. The molecule has 0 amide bonds. The first-order chi connectivity index (χ1) is 7.48. The lowest BCUT2D eigenvalue weighted by molar-refractivity contribution is 0.418. The van der Waals surface area contributed by atoms with Crippen molar-refractivity contribution in [2.24, 2.45) is 5.41 Å². The highest BCUT2D eigenvalue weighted by atomic mass is 15.2. The van der Waals surface area contributed by atoms with Gasteiger partial charge in [0.2, 0.25) is 0 Å². The van der Waals surface area contributed by atoms with Gasteiger partial charge in [-0.3, -0.25) is 0 Å². The van der Waals surface area contributed by atoms with Crippen LogP contribution in [0.5, 0.6) is 0 Å². The van der Waals surface area contributed by atoms with Crippen molar-refractivity contribution in [3.63, 3.8) is 0 Å². The second-order valence-corrected chi connectivity index (χ2v) is 6.09. The van der Waals surface area contributed by atoms with E-state index in [1.54, 1.807) is 0 Å². The third kappa shape index (κ3) is 2.40. The lowest BCUT2D eigenvalue weighted by Gasteiger charge is -2.22. The standard InChI is InChI=1S/C15H23N/c1-12(2)13-6-5-7-14(10-13)16-9-8-15(3,4)11-16/h5-7,10,12H,8-9,11H2,1-4H3. The molecule has 1 heteroatoms. The molecule has 0 bridgehead atoms. The normalized spacial score (nSPS) is 19.4. The van der Waals surface area contributed by atoms with E-state index in [-0.39, 0.29) is 0 Å². The van der Waals surface area contributed by atoms with E-state index >= 15 is 0 Å². The fraction of sp³-hybridized carbons (Fsp3) is 0.600. The molecule has 0 unspecified atom stereocenters. The van der Waals surface area contributed by atoms with Gasteiger partial charge in [0.1, 0.15) is 0 Å². The van der Waals surface area contributed by atoms with E-state index in [9.17, 15) is 0 Å². The van der Waals surface area contributed by atoms with Crippen molar-refractivity contribution in [3.05, 3.63) is 29.8 Å². The van der Waals surface area contributed by atoms with Crippen LogP contribution in [0.4, 0.5) is 5.69 Å². The van der Waals surface area contributed by atoms with Gasteiger partial charge in [0.15, 0.2) is 0 Å². The van der Waals surface area contributed by atoms with Gasteiger partial charge in [0, 0.05) is 18.8 Å².